The molecule has 1 aromatic carbocycles. The highest BCUT2D eigenvalue weighted by atomic mass is 32.1. The maximum absolute atomic E-state index is 13.8. The average molecular weight is 516 g/mol. The fourth-order valence-electron chi connectivity index (χ4n) is 4.08. The minimum Gasteiger partial charge on any atom is -0.477 e. The van der Waals surface area contributed by atoms with Gasteiger partial charge in [-0.2, -0.15) is 13.2 Å². The summed E-state index contributed by atoms with van der Waals surface area (Å²) >= 11 is 0.599. The maximum Gasteiger partial charge on any atom is 0.417 e. The van der Waals surface area contributed by atoms with Crippen LogP contribution < -0.4 is 16.0 Å². The molecule has 0 spiro atoms. The first-order valence-corrected chi connectivity index (χ1v) is 11.4. The summed E-state index contributed by atoms with van der Waals surface area (Å²) in [5.74, 6) is -3.41. The van der Waals surface area contributed by atoms with Gasteiger partial charge in [-0.3, -0.25) is 0 Å². The number of benzene rings is 1. The second-order valence-electron chi connectivity index (χ2n) is 8.21. The number of nitrogens with zero attached hydrogens (tertiary/aromatic N) is 2. The molecule has 0 saturated carbocycles. The molecule has 13 heteroatoms. The van der Waals surface area contributed by atoms with Crippen LogP contribution in [0.4, 0.5) is 33.5 Å². The summed E-state index contributed by atoms with van der Waals surface area (Å²) in [7, 11) is 0. The monoisotopic (exact) mass is 516 g/mol. The number of alkyl halides is 3. The van der Waals surface area contributed by atoms with Crippen molar-refractivity contribution < 1.29 is 37.0 Å². The topological polar surface area (TPSA) is 112 Å². The van der Waals surface area contributed by atoms with Crippen molar-refractivity contribution in [3.8, 4) is 0 Å². The van der Waals surface area contributed by atoms with Crippen LogP contribution in [0.25, 0.3) is 10.2 Å². The lowest BCUT2D eigenvalue weighted by Gasteiger charge is -2.34. The summed E-state index contributed by atoms with van der Waals surface area (Å²) in [5, 5.41) is 22.2. The molecular formula is C22H21F5N4O3S. The van der Waals surface area contributed by atoms with E-state index in [1.54, 1.807) is 4.90 Å². The third kappa shape index (κ3) is 5.16. The number of nitrogen functional groups attached to an aromatic ring is 1. The molecule has 3 aromatic rings. The lowest BCUT2D eigenvalue weighted by molar-refractivity contribution is -0.136. The van der Waals surface area contributed by atoms with Gasteiger partial charge in [0.2, 0.25) is 0 Å². The molecule has 0 radical (unpaired) electrons. The number of pyridine rings is 1. The first-order valence-electron chi connectivity index (χ1n) is 10.6. The summed E-state index contributed by atoms with van der Waals surface area (Å²) < 4.78 is 67.7. The molecule has 0 bridgehead atoms. The SMILES string of the molecule is Nc1c(C(=O)O)sc2nc(N3CCC(NCC(O)c4ccc(F)c(F)c4)CC3)cc(C(F)(F)F)c12. The van der Waals surface area contributed by atoms with Crippen molar-refractivity contribution in [3.05, 3.63) is 51.9 Å². The number of piperidine rings is 1. The zero-order valence-corrected chi connectivity index (χ0v) is 18.9. The Morgan fingerprint density at radius 3 is 2.51 bits per heavy atom. The van der Waals surface area contributed by atoms with Crippen molar-refractivity contribution >= 4 is 39.0 Å². The molecule has 3 heterocycles. The molecule has 35 heavy (non-hydrogen) atoms. The Morgan fingerprint density at radius 2 is 1.91 bits per heavy atom. The second-order valence-corrected chi connectivity index (χ2v) is 9.21. The summed E-state index contributed by atoms with van der Waals surface area (Å²) in [6.45, 7) is 0.813. The maximum atomic E-state index is 13.8. The molecule has 1 fully saturated rings. The Bertz CT molecular complexity index is 1260. The summed E-state index contributed by atoms with van der Waals surface area (Å²) in [4.78, 5) is 16.8. The van der Waals surface area contributed by atoms with Crippen molar-refractivity contribution in [1.29, 1.82) is 0 Å². The van der Waals surface area contributed by atoms with Gasteiger partial charge >= 0.3 is 12.1 Å². The predicted octanol–water partition coefficient (Wildman–Crippen LogP) is 4.17. The Kier molecular flexibility index (Phi) is 6.84. The predicted molar refractivity (Wildman–Crippen MR) is 121 cm³/mol. The van der Waals surface area contributed by atoms with Crippen LogP contribution >= 0.6 is 11.3 Å². The largest absolute Gasteiger partial charge is 0.477 e. The molecule has 188 valence electrons. The molecular weight excluding hydrogens is 495 g/mol. The number of anilines is 2. The second kappa shape index (κ2) is 9.55. The van der Waals surface area contributed by atoms with Gasteiger partial charge in [0.25, 0.3) is 0 Å². The van der Waals surface area contributed by atoms with E-state index in [2.05, 4.69) is 10.3 Å². The number of aromatic nitrogens is 1. The summed E-state index contributed by atoms with van der Waals surface area (Å²) in [5.41, 5.74) is 4.45. The number of rotatable bonds is 6. The molecule has 1 aliphatic rings. The van der Waals surface area contributed by atoms with Gasteiger partial charge in [0.15, 0.2) is 11.6 Å². The van der Waals surface area contributed by atoms with E-state index < -0.39 is 51.4 Å². The average Bonchev–Trinajstić information content (AvgIpc) is 3.15. The third-order valence-corrected chi connectivity index (χ3v) is 7.02. The number of thiophene rings is 1. The van der Waals surface area contributed by atoms with Crippen LogP contribution in [0.2, 0.25) is 0 Å². The normalized spacial score (nSPS) is 16.1. The van der Waals surface area contributed by atoms with E-state index in [1.165, 1.54) is 6.07 Å². The van der Waals surface area contributed by atoms with Crippen LogP contribution in [-0.4, -0.2) is 46.8 Å². The van der Waals surface area contributed by atoms with Crippen molar-refractivity contribution in [1.82, 2.24) is 10.3 Å². The fraction of sp³-hybridized carbons (Fsp3) is 0.364. The summed E-state index contributed by atoms with van der Waals surface area (Å²) in [6.07, 6.45) is -4.76. The van der Waals surface area contributed by atoms with Crippen LogP contribution in [0.15, 0.2) is 24.3 Å². The number of fused-ring (bicyclic) bond motifs is 1. The number of carbonyl (C=O) groups is 1. The fourth-order valence-corrected chi connectivity index (χ4v) is 5.03. The molecule has 1 atom stereocenters. The molecule has 7 nitrogen and oxygen atoms in total. The van der Waals surface area contributed by atoms with Crippen molar-refractivity contribution in [2.75, 3.05) is 30.3 Å². The molecule has 2 aromatic heterocycles. The zero-order chi connectivity index (χ0) is 25.5. The quantitative estimate of drug-likeness (QED) is 0.364. The van der Waals surface area contributed by atoms with Crippen LogP contribution in [0.1, 0.15) is 39.7 Å². The first-order chi connectivity index (χ1) is 16.5. The van der Waals surface area contributed by atoms with Crippen LogP contribution in [0.5, 0.6) is 0 Å². The number of aliphatic hydroxyl groups excluding tert-OH is 1. The number of hydrogen-bond donors (Lipinski definition) is 4. The smallest absolute Gasteiger partial charge is 0.417 e. The number of carboxylic acid groups (broad SMARTS) is 1. The molecule has 1 aliphatic heterocycles. The number of nitrogens with one attached hydrogen (secondary N) is 1. The van der Waals surface area contributed by atoms with Gasteiger partial charge in [-0.25, -0.2) is 18.6 Å². The highest BCUT2D eigenvalue weighted by molar-refractivity contribution is 7.21. The van der Waals surface area contributed by atoms with Gasteiger partial charge in [-0.05, 0) is 36.6 Å². The number of aliphatic hydroxyl groups is 1. The van der Waals surface area contributed by atoms with Crippen LogP contribution in [0.3, 0.4) is 0 Å². The molecule has 5 N–H and O–H groups in total. The molecule has 0 aliphatic carbocycles. The van der Waals surface area contributed by atoms with Crippen molar-refractivity contribution in [3.63, 3.8) is 0 Å². The highest BCUT2D eigenvalue weighted by Crippen LogP contribution is 2.43. The van der Waals surface area contributed by atoms with E-state index in [0.29, 0.717) is 37.3 Å². The zero-order valence-electron chi connectivity index (χ0n) is 18.1. The number of aromatic carboxylic acids is 1. The van der Waals surface area contributed by atoms with Gasteiger partial charge in [-0.1, -0.05) is 6.07 Å². The molecule has 0 amide bonds. The summed E-state index contributed by atoms with van der Waals surface area (Å²) in [6, 6.07) is 3.98. The van der Waals surface area contributed by atoms with E-state index in [9.17, 15) is 37.0 Å². The standard InChI is InChI=1S/C22H21F5N4O3S/c23-13-2-1-10(7-14(13)24)15(32)9-29-11-3-5-31(6-4-11)16-8-12(22(25,26)27)17-18(28)19(21(33)34)35-20(17)30-16/h1-2,7-8,11,15,29,32H,3-6,9,28H2,(H,33,34). The number of hydrogen-bond acceptors (Lipinski definition) is 7. The van der Waals surface area contributed by atoms with E-state index in [1.807, 2.05) is 0 Å². The van der Waals surface area contributed by atoms with Crippen LogP contribution in [0, 0.1) is 11.6 Å². The van der Waals surface area contributed by atoms with Gasteiger partial charge in [0, 0.05) is 31.1 Å². The van der Waals surface area contributed by atoms with E-state index in [0.717, 1.165) is 18.2 Å². The highest BCUT2D eigenvalue weighted by Gasteiger charge is 2.37. The van der Waals surface area contributed by atoms with Gasteiger partial charge in [0.1, 0.15) is 15.5 Å². The van der Waals surface area contributed by atoms with Crippen LogP contribution in [-0.2, 0) is 6.18 Å². The lowest BCUT2D eigenvalue weighted by Crippen LogP contribution is -2.44. The Balaban J connectivity index is 1.46. The first kappa shape index (κ1) is 25.1. The molecule has 1 saturated heterocycles. The minimum atomic E-state index is -4.75. The Morgan fingerprint density at radius 1 is 1.23 bits per heavy atom. The Labute approximate surface area is 200 Å². The van der Waals surface area contributed by atoms with Gasteiger partial charge in [0.05, 0.1) is 17.4 Å². The third-order valence-electron chi connectivity index (χ3n) is 5.93. The minimum absolute atomic E-state index is 0.0620. The number of carboxylic acids is 1. The number of halogens is 5. The molecule has 1 unspecified atom stereocenters. The molecule has 4 rings (SSSR count). The van der Waals surface area contributed by atoms with E-state index in [-0.39, 0.29) is 28.8 Å². The van der Waals surface area contributed by atoms with Crippen molar-refractivity contribution in [2.24, 2.45) is 0 Å². The van der Waals surface area contributed by atoms with Gasteiger partial charge in [-0.15, -0.1) is 11.3 Å². The number of nitrogens with two attached hydrogens (primary N) is 1. The van der Waals surface area contributed by atoms with Gasteiger partial charge < -0.3 is 26.2 Å². The van der Waals surface area contributed by atoms with E-state index >= 15 is 0 Å². The van der Waals surface area contributed by atoms with Crippen molar-refractivity contribution in [2.45, 2.75) is 31.2 Å². The lowest BCUT2D eigenvalue weighted by atomic mass is 10.0. The van der Waals surface area contributed by atoms with E-state index in [4.69, 9.17) is 5.73 Å². The Hall–Kier alpha value is -3.03.